The number of imidazole rings is 1. The van der Waals surface area contributed by atoms with Crippen LogP contribution >= 0.6 is 11.3 Å². The molecule has 0 aliphatic heterocycles. The Balaban J connectivity index is 1.64. The summed E-state index contributed by atoms with van der Waals surface area (Å²) in [5, 5.41) is 16.0. The van der Waals surface area contributed by atoms with Crippen molar-refractivity contribution in [3.05, 3.63) is 57.6 Å². The Bertz CT molecular complexity index is 751. The summed E-state index contributed by atoms with van der Waals surface area (Å²) in [7, 11) is 0. The number of aromatic nitrogens is 2. The number of hydrogen-bond acceptors (Lipinski definition) is 5. The summed E-state index contributed by atoms with van der Waals surface area (Å²) in [6, 6.07) is 10.2. The summed E-state index contributed by atoms with van der Waals surface area (Å²) in [6.45, 7) is 0.653. The van der Waals surface area contributed by atoms with Gasteiger partial charge in [-0.3, -0.25) is 0 Å². The van der Waals surface area contributed by atoms with Crippen LogP contribution in [0.25, 0.3) is 4.96 Å². The van der Waals surface area contributed by atoms with E-state index in [-0.39, 0.29) is 5.82 Å². The first-order valence-electron chi connectivity index (χ1n) is 6.63. The lowest BCUT2D eigenvalue weighted by molar-refractivity contribution is -0.389. The zero-order chi connectivity index (χ0) is 14.7. The minimum absolute atomic E-state index is 0.00552. The van der Waals surface area contributed by atoms with E-state index < -0.39 is 4.92 Å². The fraction of sp³-hybridized carbons (Fsp3) is 0.214. The molecule has 0 unspecified atom stereocenters. The zero-order valence-electron chi connectivity index (χ0n) is 11.2. The van der Waals surface area contributed by atoms with E-state index in [1.54, 1.807) is 11.6 Å². The fourth-order valence-electron chi connectivity index (χ4n) is 2.21. The number of benzene rings is 1. The van der Waals surface area contributed by atoms with E-state index in [1.165, 1.54) is 21.3 Å². The molecule has 0 amide bonds. The molecule has 7 heteroatoms. The highest BCUT2D eigenvalue weighted by atomic mass is 32.1. The highest BCUT2D eigenvalue weighted by Gasteiger charge is 2.22. The monoisotopic (exact) mass is 302 g/mol. The van der Waals surface area contributed by atoms with Gasteiger partial charge >= 0.3 is 5.82 Å². The number of nitrogens with one attached hydrogen (secondary N) is 1. The maximum absolute atomic E-state index is 11.2. The van der Waals surface area contributed by atoms with Gasteiger partial charge in [-0.25, -0.2) is 0 Å². The van der Waals surface area contributed by atoms with Crippen molar-refractivity contribution in [1.82, 2.24) is 9.38 Å². The normalized spacial score (nSPS) is 10.9. The third-order valence-electron chi connectivity index (χ3n) is 3.19. The highest BCUT2D eigenvalue weighted by molar-refractivity contribution is 7.15. The standard InChI is InChI=1S/C14H14N4O2S/c19-18(20)13-12(16-14-17(13)9-10-21-14)15-8-4-7-11-5-2-1-3-6-11/h1-3,5-6,9-10,15H,4,7-8H2. The minimum atomic E-state index is -0.397. The Hall–Kier alpha value is -2.41. The first kappa shape index (κ1) is 13.6. The molecule has 0 fully saturated rings. The lowest BCUT2D eigenvalue weighted by Crippen LogP contribution is -2.05. The van der Waals surface area contributed by atoms with Gasteiger partial charge in [-0.05, 0) is 23.3 Å². The average molecular weight is 302 g/mol. The second-order valence-corrected chi connectivity index (χ2v) is 5.49. The van der Waals surface area contributed by atoms with Crippen LogP contribution in [0.2, 0.25) is 0 Å². The number of fused-ring (bicyclic) bond motifs is 1. The predicted octanol–water partition coefficient (Wildman–Crippen LogP) is 3.35. The molecule has 1 aromatic carbocycles. The molecule has 0 spiro atoms. The van der Waals surface area contributed by atoms with Crippen LogP contribution in [0.15, 0.2) is 41.9 Å². The van der Waals surface area contributed by atoms with Crippen LogP contribution in [-0.4, -0.2) is 20.9 Å². The molecule has 0 aliphatic carbocycles. The van der Waals surface area contributed by atoms with E-state index in [0.29, 0.717) is 17.3 Å². The summed E-state index contributed by atoms with van der Waals surface area (Å²) >= 11 is 1.38. The van der Waals surface area contributed by atoms with Crippen LogP contribution in [0.3, 0.4) is 0 Å². The summed E-state index contributed by atoms with van der Waals surface area (Å²) in [5.74, 6) is 0.353. The van der Waals surface area contributed by atoms with E-state index in [2.05, 4.69) is 22.4 Å². The number of thiazole rings is 1. The van der Waals surface area contributed by atoms with Gasteiger partial charge in [-0.1, -0.05) is 41.7 Å². The van der Waals surface area contributed by atoms with Crippen LogP contribution in [0, 0.1) is 10.1 Å². The van der Waals surface area contributed by atoms with Crippen LogP contribution < -0.4 is 5.32 Å². The molecule has 6 nitrogen and oxygen atoms in total. The summed E-state index contributed by atoms with van der Waals surface area (Å²) in [6.07, 6.45) is 3.50. The Morgan fingerprint density at radius 1 is 1.33 bits per heavy atom. The van der Waals surface area contributed by atoms with E-state index in [0.717, 1.165) is 12.8 Å². The molecule has 108 valence electrons. The molecule has 0 aliphatic rings. The second-order valence-electron chi connectivity index (χ2n) is 4.61. The Labute approximate surface area is 125 Å². The average Bonchev–Trinajstić information content (AvgIpc) is 3.04. The molecule has 2 aromatic heterocycles. The molecule has 21 heavy (non-hydrogen) atoms. The Morgan fingerprint density at radius 2 is 2.14 bits per heavy atom. The largest absolute Gasteiger partial charge is 0.372 e. The molecular weight excluding hydrogens is 288 g/mol. The lowest BCUT2D eigenvalue weighted by atomic mass is 10.1. The smallest absolute Gasteiger partial charge is 0.363 e. The fourth-order valence-corrected chi connectivity index (χ4v) is 2.92. The summed E-state index contributed by atoms with van der Waals surface area (Å²) < 4.78 is 1.50. The van der Waals surface area contributed by atoms with Crippen LogP contribution in [0.5, 0.6) is 0 Å². The van der Waals surface area contributed by atoms with Crippen LogP contribution in [0.1, 0.15) is 12.0 Å². The van der Waals surface area contributed by atoms with Crippen molar-refractivity contribution in [3.63, 3.8) is 0 Å². The van der Waals surface area contributed by atoms with Crippen molar-refractivity contribution in [1.29, 1.82) is 0 Å². The minimum Gasteiger partial charge on any atom is -0.363 e. The molecule has 0 bridgehead atoms. The first-order valence-corrected chi connectivity index (χ1v) is 7.51. The summed E-state index contributed by atoms with van der Waals surface area (Å²) in [5.41, 5.74) is 1.26. The molecule has 1 N–H and O–H groups in total. The number of nitro groups is 1. The Kier molecular flexibility index (Phi) is 3.83. The van der Waals surface area contributed by atoms with Gasteiger partial charge in [0.2, 0.25) is 5.82 Å². The van der Waals surface area contributed by atoms with Crippen molar-refractivity contribution < 1.29 is 4.92 Å². The van der Waals surface area contributed by atoms with E-state index in [9.17, 15) is 10.1 Å². The quantitative estimate of drug-likeness (QED) is 0.430. The van der Waals surface area contributed by atoms with Crippen molar-refractivity contribution in [2.75, 3.05) is 11.9 Å². The van der Waals surface area contributed by atoms with Gasteiger partial charge in [0, 0.05) is 11.9 Å². The van der Waals surface area contributed by atoms with Gasteiger partial charge in [-0.15, -0.1) is 0 Å². The number of aryl methyl sites for hydroxylation is 1. The van der Waals surface area contributed by atoms with Crippen molar-refractivity contribution in [3.8, 4) is 0 Å². The van der Waals surface area contributed by atoms with Gasteiger partial charge in [0.05, 0.1) is 0 Å². The molecule has 0 saturated carbocycles. The number of hydrogen-bond donors (Lipinski definition) is 1. The maximum Gasteiger partial charge on any atom is 0.372 e. The van der Waals surface area contributed by atoms with E-state index in [1.807, 2.05) is 18.2 Å². The molecule has 0 atom stereocenters. The van der Waals surface area contributed by atoms with Gasteiger partial charge < -0.3 is 15.4 Å². The maximum atomic E-state index is 11.2. The molecule has 0 saturated heterocycles. The molecule has 0 radical (unpaired) electrons. The Morgan fingerprint density at radius 3 is 2.90 bits per heavy atom. The van der Waals surface area contributed by atoms with Gasteiger partial charge in [0.15, 0.2) is 0 Å². The van der Waals surface area contributed by atoms with E-state index >= 15 is 0 Å². The first-order chi connectivity index (χ1) is 10.3. The van der Waals surface area contributed by atoms with Crippen molar-refractivity contribution >= 4 is 27.9 Å². The number of anilines is 1. The third kappa shape index (κ3) is 2.87. The second kappa shape index (κ2) is 5.92. The van der Waals surface area contributed by atoms with E-state index in [4.69, 9.17) is 0 Å². The zero-order valence-corrected chi connectivity index (χ0v) is 12.0. The van der Waals surface area contributed by atoms with Gasteiger partial charge in [-0.2, -0.15) is 9.38 Å². The summed E-state index contributed by atoms with van der Waals surface area (Å²) in [4.78, 5) is 15.7. The number of nitrogens with zero attached hydrogens (tertiary/aromatic N) is 3. The predicted molar refractivity (Wildman–Crippen MR) is 83.0 cm³/mol. The van der Waals surface area contributed by atoms with Gasteiger partial charge in [0.25, 0.3) is 4.96 Å². The lowest BCUT2D eigenvalue weighted by Gasteiger charge is -2.03. The van der Waals surface area contributed by atoms with Gasteiger partial charge in [0.1, 0.15) is 6.20 Å². The van der Waals surface area contributed by atoms with Crippen LogP contribution in [-0.2, 0) is 6.42 Å². The molecule has 3 aromatic rings. The number of rotatable bonds is 6. The van der Waals surface area contributed by atoms with Crippen molar-refractivity contribution in [2.45, 2.75) is 12.8 Å². The molecule has 3 rings (SSSR count). The topological polar surface area (TPSA) is 72.5 Å². The third-order valence-corrected chi connectivity index (χ3v) is 3.94. The van der Waals surface area contributed by atoms with Crippen LogP contribution in [0.4, 0.5) is 11.6 Å². The highest BCUT2D eigenvalue weighted by Crippen LogP contribution is 2.27. The molecule has 2 heterocycles. The SMILES string of the molecule is O=[N+]([O-])c1c(NCCCc2ccccc2)nc2sccn12. The molecular formula is C14H14N4O2S. The van der Waals surface area contributed by atoms with Crippen molar-refractivity contribution in [2.24, 2.45) is 0 Å².